The standard InChI is InChI=1S/C25H49NO3.H3N/c1-5-6-7-8-9-10-11-12-13-14-15-16-17-18-19-20-24(27)26-23(3)21-22(2)25(28)29-4;/h22-23H,5-21H2,1-4H3,(H,26,27);1H3. The van der Waals surface area contributed by atoms with Crippen LogP contribution in [0.4, 0.5) is 0 Å². The molecular formula is C25H52N2O3. The molecule has 5 heteroatoms. The molecule has 0 bridgehead atoms. The maximum atomic E-state index is 12.0. The topological polar surface area (TPSA) is 90.4 Å². The highest BCUT2D eigenvalue weighted by Crippen LogP contribution is 2.14. The SMILES string of the molecule is CCCCCCCCCCCCCCCCCC(=O)NC(C)CC(C)C(=O)OC.N. The number of rotatable bonds is 20. The van der Waals surface area contributed by atoms with Crippen molar-refractivity contribution < 1.29 is 14.3 Å². The van der Waals surface area contributed by atoms with Gasteiger partial charge in [0.05, 0.1) is 13.0 Å². The Bertz CT molecular complexity index is 402. The van der Waals surface area contributed by atoms with Gasteiger partial charge < -0.3 is 16.2 Å². The van der Waals surface area contributed by atoms with E-state index in [0.717, 1.165) is 12.8 Å². The predicted molar refractivity (Wildman–Crippen MR) is 128 cm³/mol. The Morgan fingerprint density at radius 3 is 1.53 bits per heavy atom. The van der Waals surface area contributed by atoms with E-state index in [1.54, 1.807) is 0 Å². The average Bonchev–Trinajstić information content (AvgIpc) is 2.69. The largest absolute Gasteiger partial charge is 0.469 e. The number of hydrogen-bond acceptors (Lipinski definition) is 4. The van der Waals surface area contributed by atoms with Gasteiger partial charge in [0.2, 0.25) is 5.91 Å². The Labute approximate surface area is 187 Å². The van der Waals surface area contributed by atoms with Crippen LogP contribution in [0, 0.1) is 5.92 Å². The lowest BCUT2D eigenvalue weighted by molar-refractivity contribution is -0.145. The van der Waals surface area contributed by atoms with E-state index < -0.39 is 0 Å². The minimum atomic E-state index is -0.214. The molecule has 4 N–H and O–H groups in total. The summed E-state index contributed by atoms with van der Waals surface area (Å²) in [5, 5.41) is 2.99. The van der Waals surface area contributed by atoms with Crippen LogP contribution in [0.2, 0.25) is 0 Å². The number of ether oxygens (including phenoxy) is 1. The lowest BCUT2D eigenvalue weighted by atomic mass is 10.0. The zero-order valence-corrected chi connectivity index (χ0v) is 20.6. The lowest BCUT2D eigenvalue weighted by Gasteiger charge is -2.17. The molecule has 0 aliphatic heterocycles. The van der Waals surface area contributed by atoms with E-state index in [0.29, 0.717) is 12.8 Å². The summed E-state index contributed by atoms with van der Waals surface area (Å²) in [5.74, 6) is -0.293. The zero-order chi connectivity index (χ0) is 21.7. The number of unbranched alkanes of at least 4 members (excludes halogenated alkanes) is 14. The van der Waals surface area contributed by atoms with E-state index in [-0.39, 0.29) is 30.0 Å². The summed E-state index contributed by atoms with van der Waals surface area (Å²) in [4.78, 5) is 23.4. The summed E-state index contributed by atoms with van der Waals surface area (Å²) in [6.07, 6.45) is 21.2. The average molecular weight is 429 g/mol. The van der Waals surface area contributed by atoms with Gasteiger partial charge in [0.25, 0.3) is 0 Å². The smallest absolute Gasteiger partial charge is 0.308 e. The molecule has 0 aromatic carbocycles. The summed E-state index contributed by atoms with van der Waals surface area (Å²) in [6, 6.07) is 0.00735. The number of nitrogens with one attached hydrogen (secondary N) is 1. The van der Waals surface area contributed by atoms with Crippen molar-refractivity contribution >= 4 is 11.9 Å². The summed E-state index contributed by atoms with van der Waals surface area (Å²) >= 11 is 0. The lowest BCUT2D eigenvalue weighted by Crippen LogP contribution is -2.34. The molecule has 2 atom stereocenters. The van der Waals surface area contributed by atoms with Gasteiger partial charge in [0, 0.05) is 12.5 Å². The summed E-state index contributed by atoms with van der Waals surface area (Å²) < 4.78 is 4.73. The molecule has 0 saturated carbocycles. The van der Waals surface area contributed by atoms with Gasteiger partial charge in [-0.15, -0.1) is 0 Å². The van der Waals surface area contributed by atoms with Gasteiger partial charge in [-0.05, 0) is 19.8 Å². The first-order valence-corrected chi connectivity index (χ1v) is 12.4. The molecule has 0 aliphatic rings. The third-order valence-electron chi connectivity index (χ3n) is 5.73. The van der Waals surface area contributed by atoms with Crippen LogP contribution in [0.15, 0.2) is 0 Å². The molecule has 180 valence electrons. The monoisotopic (exact) mass is 428 g/mol. The molecule has 0 aromatic heterocycles. The third kappa shape index (κ3) is 20.2. The molecule has 0 radical (unpaired) electrons. The zero-order valence-electron chi connectivity index (χ0n) is 20.6. The van der Waals surface area contributed by atoms with Gasteiger partial charge >= 0.3 is 5.97 Å². The highest BCUT2D eigenvalue weighted by Gasteiger charge is 2.17. The minimum Gasteiger partial charge on any atom is -0.469 e. The first-order valence-electron chi connectivity index (χ1n) is 12.4. The van der Waals surface area contributed by atoms with Gasteiger partial charge in [0.15, 0.2) is 0 Å². The molecule has 0 saturated heterocycles. The van der Waals surface area contributed by atoms with E-state index in [2.05, 4.69) is 12.2 Å². The van der Waals surface area contributed by atoms with Crippen molar-refractivity contribution in [3.8, 4) is 0 Å². The molecule has 5 nitrogen and oxygen atoms in total. The van der Waals surface area contributed by atoms with Crippen LogP contribution in [-0.4, -0.2) is 25.0 Å². The van der Waals surface area contributed by atoms with E-state index in [1.165, 1.54) is 90.6 Å². The minimum absolute atomic E-state index is 0. The van der Waals surface area contributed by atoms with Gasteiger partial charge in [-0.25, -0.2) is 0 Å². The maximum Gasteiger partial charge on any atom is 0.308 e. The van der Waals surface area contributed by atoms with Crippen LogP contribution in [0.1, 0.15) is 130 Å². The van der Waals surface area contributed by atoms with E-state index in [4.69, 9.17) is 4.74 Å². The number of amides is 1. The van der Waals surface area contributed by atoms with Crippen LogP contribution in [0.3, 0.4) is 0 Å². The highest BCUT2D eigenvalue weighted by molar-refractivity contribution is 5.76. The van der Waals surface area contributed by atoms with Gasteiger partial charge in [0.1, 0.15) is 0 Å². The predicted octanol–water partition coefficient (Wildman–Crippen LogP) is 7.11. The maximum absolute atomic E-state index is 12.0. The van der Waals surface area contributed by atoms with Crippen molar-refractivity contribution in [2.24, 2.45) is 5.92 Å². The van der Waals surface area contributed by atoms with Crippen LogP contribution >= 0.6 is 0 Å². The normalized spacial score (nSPS) is 12.7. The van der Waals surface area contributed by atoms with Crippen molar-refractivity contribution in [2.45, 2.75) is 136 Å². The highest BCUT2D eigenvalue weighted by atomic mass is 16.5. The number of methoxy groups -OCH3 is 1. The molecule has 0 spiro atoms. The second-order valence-corrected chi connectivity index (χ2v) is 8.83. The summed E-state index contributed by atoms with van der Waals surface area (Å²) in [5.41, 5.74) is 0. The van der Waals surface area contributed by atoms with E-state index >= 15 is 0 Å². The van der Waals surface area contributed by atoms with E-state index in [1.807, 2.05) is 13.8 Å². The number of hydrogen-bond donors (Lipinski definition) is 2. The van der Waals surface area contributed by atoms with Crippen molar-refractivity contribution in [3.63, 3.8) is 0 Å². The third-order valence-corrected chi connectivity index (χ3v) is 5.73. The quantitative estimate of drug-likeness (QED) is 0.160. The van der Waals surface area contributed by atoms with Crippen LogP contribution in [0.5, 0.6) is 0 Å². The molecular weight excluding hydrogens is 376 g/mol. The molecule has 0 rings (SSSR count). The molecule has 30 heavy (non-hydrogen) atoms. The first kappa shape index (κ1) is 31.1. The van der Waals surface area contributed by atoms with Gasteiger partial charge in [-0.1, -0.05) is 104 Å². The molecule has 0 fully saturated rings. The summed E-state index contributed by atoms with van der Waals surface area (Å²) in [7, 11) is 1.40. The van der Waals surface area contributed by atoms with Crippen molar-refractivity contribution in [3.05, 3.63) is 0 Å². The Morgan fingerprint density at radius 1 is 0.733 bits per heavy atom. The van der Waals surface area contributed by atoms with Crippen LogP contribution < -0.4 is 11.5 Å². The number of esters is 1. The van der Waals surface area contributed by atoms with Gasteiger partial charge in [-0.3, -0.25) is 9.59 Å². The van der Waals surface area contributed by atoms with E-state index in [9.17, 15) is 9.59 Å². The van der Waals surface area contributed by atoms with Gasteiger partial charge in [-0.2, -0.15) is 0 Å². The van der Waals surface area contributed by atoms with Crippen LogP contribution in [0.25, 0.3) is 0 Å². The molecule has 0 aliphatic carbocycles. The molecule has 2 unspecified atom stereocenters. The second-order valence-electron chi connectivity index (χ2n) is 8.83. The molecule has 0 heterocycles. The Kier molecular flexibility index (Phi) is 23.4. The van der Waals surface area contributed by atoms with Crippen molar-refractivity contribution in [2.75, 3.05) is 7.11 Å². The fourth-order valence-electron chi connectivity index (χ4n) is 3.89. The fraction of sp³-hybridized carbons (Fsp3) is 0.920. The molecule has 0 aromatic rings. The second kappa shape index (κ2) is 22.6. The first-order chi connectivity index (χ1) is 14.0. The van der Waals surface area contributed by atoms with Crippen LogP contribution in [-0.2, 0) is 14.3 Å². The number of carbonyl (C=O) groups is 2. The Hall–Kier alpha value is -1.10. The molecule has 1 amide bonds. The number of carbonyl (C=O) groups excluding carboxylic acids is 2. The fourth-order valence-corrected chi connectivity index (χ4v) is 3.89. The Morgan fingerprint density at radius 2 is 1.13 bits per heavy atom. The van der Waals surface area contributed by atoms with Crippen molar-refractivity contribution in [1.29, 1.82) is 0 Å². The van der Waals surface area contributed by atoms with Crippen molar-refractivity contribution in [1.82, 2.24) is 11.5 Å². The summed E-state index contributed by atoms with van der Waals surface area (Å²) in [6.45, 7) is 6.06. The Balaban J connectivity index is 0.